The molecule has 0 spiro atoms. The van der Waals surface area contributed by atoms with Crippen LogP contribution in [-0.4, -0.2) is 31.6 Å². The van der Waals surface area contributed by atoms with Crippen LogP contribution >= 0.6 is 0 Å². The summed E-state index contributed by atoms with van der Waals surface area (Å²) >= 11 is 0. The smallest absolute Gasteiger partial charge is 0.127 e. The predicted molar refractivity (Wildman–Crippen MR) is 65.9 cm³/mol. The lowest BCUT2D eigenvalue weighted by molar-refractivity contribution is 0.222. The molecule has 1 aromatic carbocycles. The van der Waals surface area contributed by atoms with Crippen molar-refractivity contribution in [3.05, 3.63) is 35.6 Å². The largest absolute Gasteiger partial charge is 0.318 e. The minimum atomic E-state index is -0.117. The molecule has 0 aliphatic rings. The number of rotatable bonds is 6. The highest BCUT2D eigenvalue weighted by Gasteiger charge is 2.13. The van der Waals surface area contributed by atoms with E-state index in [1.165, 1.54) is 6.07 Å². The molecule has 1 aromatic rings. The monoisotopic (exact) mass is 224 g/mol. The minimum Gasteiger partial charge on any atom is -0.318 e. The van der Waals surface area contributed by atoms with Crippen LogP contribution in [0.5, 0.6) is 0 Å². The average Bonchev–Trinajstić information content (AvgIpc) is 2.29. The second kappa shape index (κ2) is 6.61. The zero-order valence-electron chi connectivity index (χ0n) is 10.3. The van der Waals surface area contributed by atoms with Gasteiger partial charge in [0.05, 0.1) is 0 Å². The van der Waals surface area contributed by atoms with E-state index in [1.807, 2.05) is 26.2 Å². The van der Waals surface area contributed by atoms with Crippen molar-refractivity contribution in [3.63, 3.8) is 0 Å². The van der Waals surface area contributed by atoms with Crippen LogP contribution < -0.4 is 5.32 Å². The Morgan fingerprint density at radius 3 is 2.62 bits per heavy atom. The van der Waals surface area contributed by atoms with Gasteiger partial charge in [-0.3, -0.25) is 4.90 Å². The normalized spacial score (nSPS) is 13.1. The Bertz CT molecular complexity index is 315. The summed E-state index contributed by atoms with van der Waals surface area (Å²) in [4.78, 5) is 2.19. The second-order valence-corrected chi connectivity index (χ2v) is 4.13. The van der Waals surface area contributed by atoms with Crippen LogP contribution in [0, 0.1) is 5.82 Å². The van der Waals surface area contributed by atoms with Crippen LogP contribution in [0.4, 0.5) is 4.39 Å². The van der Waals surface area contributed by atoms with Crippen LogP contribution in [0.25, 0.3) is 0 Å². The number of hydrogen-bond donors (Lipinski definition) is 1. The van der Waals surface area contributed by atoms with Crippen LogP contribution in [-0.2, 0) is 6.54 Å². The van der Waals surface area contributed by atoms with Crippen molar-refractivity contribution >= 4 is 0 Å². The molecule has 1 unspecified atom stereocenters. The molecule has 1 N–H and O–H groups in total. The number of nitrogens with zero attached hydrogens (tertiary/aromatic N) is 1. The fourth-order valence-electron chi connectivity index (χ4n) is 1.87. The van der Waals surface area contributed by atoms with E-state index in [0.29, 0.717) is 12.6 Å². The van der Waals surface area contributed by atoms with Gasteiger partial charge in [0.2, 0.25) is 0 Å². The molecule has 0 aliphatic heterocycles. The second-order valence-electron chi connectivity index (χ2n) is 4.13. The summed E-state index contributed by atoms with van der Waals surface area (Å²) in [5.74, 6) is -0.117. The predicted octanol–water partition coefficient (Wildman–Crippen LogP) is 2.26. The summed E-state index contributed by atoms with van der Waals surface area (Å²) in [5, 5.41) is 3.16. The molecule has 0 aliphatic carbocycles. The summed E-state index contributed by atoms with van der Waals surface area (Å²) in [6.45, 7) is 3.74. The van der Waals surface area contributed by atoms with Crippen LogP contribution in [0.15, 0.2) is 24.3 Å². The first-order chi connectivity index (χ1) is 7.69. The Morgan fingerprint density at radius 2 is 2.06 bits per heavy atom. The molecule has 0 fully saturated rings. The molecular weight excluding hydrogens is 203 g/mol. The van der Waals surface area contributed by atoms with Gasteiger partial charge in [-0.15, -0.1) is 0 Å². The van der Waals surface area contributed by atoms with Gasteiger partial charge in [-0.1, -0.05) is 25.1 Å². The third-order valence-electron chi connectivity index (χ3n) is 2.91. The number of nitrogens with one attached hydrogen (secondary N) is 1. The van der Waals surface area contributed by atoms with Crippen molar-refractivity contribution in [2.75, 3.05) is 20.6 Å². The van der Waals surface area contributed by atoms with E-state index >= 15 is 0 Å². The Kier molecular flexibility index (Phi) is 5.43. The lowest BCUT2D eigenvalue weighted by atomic mass is 10.1. The molecule has 0 aromatic heterocycles. The van der Waals surface area contributed by atoms with Crippen LogP contribution in [0.2, 0.25) is 0 Å². The highest BCUT2D eigenvalue weighted by Crippen LogP contribution is 2.11. The Balaban J connectivity index is 2.62. The van der Waals surface area contributed by atoms with Gasteiger partial charge in [-0.25, -0.2) is 4.39 Å². The first kappa shape index (κ1) is 13.1. The molecule has 0 saturated heterocycles. The third kappa shape index (κ3) is 3.58. The molecule has 1 rings (SSSR count). The maximum absolute atomic E-state index is 13.5. The molecule has 16 heavy (non-hydrogen) atoms. The van der Waals surface area contributed by atoms with Gasteiger partial charge in [-0.2, -0.15) is 0 Å². The summed E-state index contributed by atoms with van der Waals surface area (Å²) in [6, 6.07) is 7.42. The van der Waals surface area contributed by atoms with E-state index in [1.54, 1.807) is 6.07 Å². The summed E-state index contributed by atoms with van der Waals surface area (Å²) in [7, 11) is 3.98. The summed E-state index contributed by atoms with van der Waals surface area (Å²) in [6.07, 6.45) is 1.06. The molecule has 3 heteroatoms. The van der Waals surface area contributed by atoms with E-state index in [2.05, 4.69) is 17.1 Å². The first-order valence-electron chi connectivity index (χ1n) is 5.77. The van der Waals surface area contributed by atoms with Gasteiger partial charge < -0.3 is 5.32 Å². The van der Waals surface area contributed by atoms with Crippen LogP contribution in [0.1, 0.15) is 18.9 Å². The van der Waals surface area contributed by atoms with Gasteiger partial charge >= 0.3 is 0 Å². The van der Waals surface area contributed by atoms with E-state index in [0.717, 1.165) is 18.5 Å². The van der Waals surface area contributed by atoms with Crippen molar-refractivity contribution in [3.8, 4) is 0 Å². The number of benzene rings is 1. The number of hydrogen-bond acceptors (Lipinski definition) is 2. The zero-order valence-corrected chi connectivity index (χ0v) is 10.3. The van der Waals surface area contributed by atoms with Gasteiger partial charge in [0.25, 0.3) is 0 Å². The van der Waals surface area contributed by atoms with Gasteiger partial charge in [0.15, 0.2) is 0 Å². The minimum absolute atomic E-state index is 0.117. The lowest BCUT2D eigenvalue weighted by Crippen LogP contribution is -2.38. The SMILES string of the molecule is CCC(CNC)N(C)Cc1ccccc1F. The van der Waals surface area contributed by atoms with Crippen molar-refractivity contribution < 1.29 is 4.39 Å². The third-order valence-corrected chi connectivity index (χ3v) is 2.91. The topological polar surface area (TPSA) is 15.3 Å². The van der Waals surface area contributed by atoms with Gasteiger partial charge in [0, 0.05) is 24.7 Å². The van der Waals surface area contributed by atoms with Crippen LogP contribution in [0.3, 0.4) is 0 Å². The maximum atomic E-state index is 13.5. The summed E-state index contributed by atoms with van der Waals surface area (Å²) < 4.78 is 13.5. The molecule has 0 bridgehead atoms. The highest BCUT2D eigenvalue weighted by molar-refractivity contribution is 5.17. The Labute approximate surface area is 97.5 Å². The van der Waals surface area contributed by atoms with Crippen molar-refractivity contribution in [2.24, 2.45) is 0 Å². The van der Waals surface area contributed by atoms with E-state index < -0.39 is 0 Å². The quantitative estimate of drug-likeness (QED) is 0.797. The molecule has 90 valence electrons. The first-order valence-corrected chi connectivity index (χ1v) is 5.77. The zero-order chi connectivity index (χ0) is 12.0. The van der Waals surface area contributed by atoms with E-state index in [-0.39, 0.29) is 5.82 Å². The standard InChI is InChI=1S/C13H21FN2/c1-4-12(9-15-2)16(3)10-11-7-5-6-8-13(11)14/h5-8,12,15H,4,9-10H2,1-3H3. The van der Waals surface area contributed by atoms with Gasteiger partial charge in [0.1, 0.15) is 5.82 Å². The summed E-state index contributed by atoms with van der Waals surface area (Å²) in [5.41, 5.74) is 0.763. The number of halogens is 1. The number of likely N-dealkylation sites (N-methyl/N-ethyl adjacent to an activating group) is 2. The maximum Gasteiger partial charge on any atom is 0.127 e. The van der Waals surface area contributed by atoms with Crippen molar-refractivity contribution in [2.45, 2.75) is 25.9 Å². The molecular formula is C13H21FN2. The van der Waals surface area contributed by atoms with Gasteiger partial charge in [-0.05, 0) is 26.6 Å². The lowest BCUT2D eigenvalue weighted by Gasteiger charge is -2.27. The highest BCUT2D eigenvalue weighted by atomic mass is 19.1. The Morgan fingerprint density at radius 1 is 1.38 bits per heavy atom. The molecule has 2 nitrogen and oxygen atoms in total. The molecule has 0 amide bonds. The molecule has 0 radical (unpaired) electrons. The van der Waals surface area contributed by atoms with E-state index in [9.17, 15) is 4.39 Å². The fourth-order valence-corrected chi connectivity index (χ4v) is 1.87. The fraction of sp³-hybridized carbons (Fsp3) is 0.538. The molecule has 0 heterocycles. The average molecular weight is 224 g/mol. The molecule has 1 atom stereocenters. The van der Waals surface area contributed by atoms with Crippen molar-refractivity contribution in [1.82, 2.24) is 10.2 Å². The molecule has 0 saturated carbocycles. The van der Waals surface area contributed by atoms with E-state index in [4.69, 9.17) is 0 Å². The van der Waals surface area contributed by atoms with Crippen molar-refractivity contribution in [1.29, 1.82) is 0 Å². The Hall–Kier alpha value is -0.930.